The fourth-order valence-corrected chi connectivity index (χ4v) is 0.860. The van der Waals surface area contributed by atoms with Crippen LogP contribution in [0.15, 0.2) is 11.0 Å². The largest absolute Gasteiger partial charge is 0.311 e. The van der Waals surface area contributed by atoms with Crippen molar-refractivity contribution < 1.29 is 4.79 Å². The zero-order chi connectivity index (χ0) is 9.84. The molecule has 70 valence electrons. The monoisotopic (exact) mass is 182 g/mol. The third-order valence-corrected chi connectivity index (χ3v) is 1.51. The van der Waals surface area contributed by atoms with Crippen molar-refractivity contribution in [3.8, 4) is 0 Å². The summed E-state index contributed by atoms with van der Waals surface area (Å²) in [6, 6.07) is 0. The summed E-state index contributed by atoms with van der Waals surface area (Å²) >= 11 is 0. The number of aryl methyl sites for hydroxylation is 1. The van der Waals surface area contributed by atoms with Crippen LogP contribution in [-0.4, -0.2) is 15.9 Å². The first-order chi connectivity index (χ1) is 6.13. The standard InChI is InChI=1S/C7H10N4O2/c1-4-9-3-5(7(13)10-4)2-6(12)11-8/h3H,2,8H2,1H3,(H,11,12)(H,9,10,13). The first-order valence-corrected chi connectivity index (χ1v) is 3.67. The minimum absolute atomic E-state index is 0.0564. The van der Waals surface area contributed by atoms with Gasteiger partial charge in [-0.25, -0.2) is 10.8 Å². The van der Waals surface area contributed by atoms with Crippen LogP contribution in [0.25, 0.3) is 0 Å². The van der Waals surface area contributed by atoms with E-state index in [1.165, 1.54) is 6.20 Å². The molecule has 0 radical (unpaired) electrons. The van der Waals surface area contributed by atoms with Gasteiger partial charge in [-0.3, -0.25) is 15.0 Å². The van der Waals surface area contributed by atoms with Crippen LogP contribution < -0.4 is 16.8 Å². The Kier molecular flexibility index (Phi) is 2.76. The Balaban J connectivity index is 2.90. The number of hydrogen-bond acceptors (Lipinski definition) is 4. The summed E-state index contributed by atoms with van der Waals surface area (Å²) in [7, 11) is 0. The maximum Gasteiger partial charge on any atom is 0.254 e. The lowest BCUT2D eigenvalue weighted by Gasteiger charge is -1.98. The van der Waals surface area contributed by atoms with Crippen LogP contribution >= 0.6 is 0 Å². The number of amides is 1. The molecular formula is C7H10N4O2. The van der Waals surface area contributed by atoms with Gasteiger partial charge >= 0.3 is 0 Å². The summed E-state index contributed by atoms with van der Waals surface area (Å²) in [6.07, 6.45) is 1.31. The van der Waals surface area contributed by atoms with Crippen LogP contribution in [-0.2, 0) is 11.2 Å². The molecule has 0 saturated heterocycles. The fourth-order valence-electron chi connectivity index (χ4n) is 0.860. The number of carbonyl (C=O) groups is 1. The van der Waals surface area contributed by atoms with Crippen molar-refractivity contribution in [3.05, 3.63) is 27.9 Å². The normalized spacial score (nSPS) is 9.69. The van der Waals surface area contributed by atoms with Gasteiger partial charge in [0.05, 0.1) is 6.42 Å². The molecule has 0 fully saturated rings. The molecule has 1 heterocycles. The van der Waals surface area contributed by atoms with Crippen molar-refractivity contribution in [3.63, 3.8) is 0 Å². The first-order valence-electron chi connectivity index (χ1n) is 3.67. The number of nitrogens with two attached hydrogens (primary N) is 1. The fraction of sp³-hybridized carbons (Fsp3) is 0.286. The highest BCUT2D eigenvalue weighted by molar-refractivity contribution is 5.77. The number of hydrazine groups is 1. The summed E-state index contributed by atoms with van der Waals surface area (Å²) in [4.78, 5) is 28.3. The highest BCUT2D eigenvalue weighted by Gasteiger charge is 2.05. The number of nitrogens with zero attached hydrogens (tertiary/aromatic N) is 1. The SMILES string of the molecule is Cc1ncc(CC(=O)NN)c(=O)[nH]1. The Labute approximate surface area is 74.1 Å². The summed E-state index contributed by atoms with van der Waals surface area (Å²) in [6.45, 7) is 1.66. The second kappa shape index (κ2) is 3.81. The summed E-state index contributed by atoms with van der Waals surface area (Å²) < 4.78 is 0. The minimum Gasteiger partial charge on any atom is -0.311 e. The van der Waals surface area contributed by atoms with E-state index in [-0.39, 0.29) is 12.0 Å². The van der Waals surface area contributed by atoms with Gasteiger partial charge in [-0.05, 0) is 6.92 Å². The average molecular weight is 182 g/mol. The van der Waals surface area contributed by atoms with Crippen molar-refractivity contribution in [2.45, 2.75) is 13.3 Å². The Hall–Kier alpha value is -1.69. The lowest BCUT2D eigenvalue weighted by Crippen LogP contribution is -2.33. The van der Waals surface area contributed by atoms with Gasteiger partial charge in [-0.15, -0.1) is 0 Å². The van der Waals surface area contributed by atoms with E-state index in [9.17, 15) is 9.59 Å². The molecule has 0 aromatic carbocycles. The summed E-state index contributed by atoms with van der Waals surface area (Å²) in [5.41, 5.74) is 1.93. The van der Waals surface area contributed by atoms with E-state index in [1.54, 1.807) is 6.92 Å². The summed E-state index contributed by atoms with van der Waals surface area (Å²) in [5.74, 6) is 4.96. The molecule has 0 aliphatic carbocycles. The van der Waals surface area contributed by atoms with Crippen LogP contribution in [0.3, 0.4) is 0 Å². The lowest BCUT2D eigenvalue weighted by molar-refractivity contribution is -0.120. The quantitative estimate of drug-likeness (QED) is 0.298. The number of carbonyl (C=O) groups excluding carboxylic acids is 1. The van der Waals surface area contributed by atoms with E-state index < -0.39 is 5.91 Å². The first kappa shape index (κ1) is 9.40. The Morgan fingerprint density at radius 3 is 3.00 bits per heavy atom. The van der Waals surface area contributed by atoms with Crippen molar-refractivity contribution in [2.24, 2.45) is 5.84 Å². The van der Waals surface area contributed by atoms with E-state index in [4.69, 9.17) is 5.84 Å². The molecule has 0 unspecified atom stereocenters. The smallest absolute Gasteiger partial charge is 0.254 e. The third kappa shape index (κ3) is 2.38. The summed E-state index contributed by atoms with van der Waals surface area (Å²) in [5, 5.41) is 0. The molecule has 0 aliphatic heterocycles. The van der Waals surface area contributed by atoms with Crippen LogP contribution in [0.5, 0.6) is 0 Å². The Morgan fingerprint density at radius 2 is 2.46 bits per heavy atom. The zero-order valence-electron chi connectivity index (χ0n) is 7.13. The average Bonchev–Trinajstić information content (AvgIpc) is 2.09. The van der Waals surface area contributed by atoms with E-state index in [1.807, 2.05) is 5.43 Å². The Morgan fingerprint density at radius 1 is 1.77 bits per heavy atom. The van der Waals surface area contributed by atoms with Gasteiger partial charge in [0.15, 0.2) is 0 Å². The molecule has 6 nitrogen and oxygen atoms in total. The number of rotatable bonds is 2. The minimum atomic E-state index is -0.420. The number of H-pyrrole nitrogens is 1. The lowest BCUT2D eigenvalue weighted by atomic mass is 10.2. The van der Waals surface area contributed by atoms with Crippen LogP contribution in [0.1, 0.15) is 11.4 Å². The van der Waals surface area contributed by atoms with E-state index in [0.29, 0.717) is 11.4 Å². The van der Waals surface area contributed by atoms with Crippen molar-refractivity contribution in [1.29, 1.82) is 0 Å². The molecule has 0 atom stereocenters. The molecule has 1 aromatic rings. The van der Waals surface area contributed by atoms with Crippen LogP contribution in [0.2, 0.25) is 0 Å². The maximum atomic E-state index is 11.2. The molecule has 0 bridgehead atoms. The van der Waals surface area contributed by atoms with Gasteiger partial charge in [0, 0.05) is 11.8 Å². The van der Waals surface area contributed by atoms with Crippen molar-refractivity contribution in [1.82, 2.24) is 15.4 Å². The molecule has 4 N–H and O–H groups in total. The molecule has 0 aliphatic rings. The maximum absolute atomic E-state index is 11.2. The number of nitrogens with one attached hydrogen (secondary N) is 2. The van der Waals surface area contributed by atoms with Gasteiger partial charge in [0.2, 0.25) is 5.91 Å². The predicted octanol–water partition coefficient (Wildman–Crippen LogP) is -1.39. The topological polar surface area (TPSA) is 101 Å². The van der Waals surface area contributed by atoms with Gasteiger partial charge in [0.1, 0.15) is 5.82 Å². The van der Waals surface area contributed by atoms with Gasteiger partial charge < -0.3 is 4.98 Å². The Bertz CT molecular complexity index is 371. The zero-order valence-corrected chi connectivity index (χ0v) is 7.13. The highest BCUT2D eigenvalue weighted by Crippen LogP contribution is 1.89. The number of hydrogen-bond donors (Lipinski definition) is 3. The van der Waals surface area contributed by atoms with Crippen LogP contribution in [0, 0.1) is 6.92 Å². The second-order valence-corrected chi connectivity index (χ2v) is 2.57. The van der Waals surface area contributed by atoms with Crippen molar-refractivity contribution in [2.75, 3.05) is 0 Å². The molecule has 1 aromatic heterocycles. The van der Waals surface area contributed by atoms with E-state index >= 15 is 0 Å². The molecule has 1 amide bonds. The molecule has 0 saturated carbocycles. The van der Waals surface area contributed by atoms with Gasteiger partial charge in [-0.2, -0.15) is 0 Å². The van der Waals surface area contributed by atoms with E-state index in [0.717, 1.165) is 0 Å². The number of aromatic amines is 1. The molecule has 6 heteroatoms. The van der Waals surface area contributed by atoms with Crippen LogP contribution in [0.4, 0.5) is 0 Å². The molecule has 0 spiro atoms. The molecular weight excluding hydrogens is 172 g/mol. The highest BCUT2D eigenvalue weighted by atomic mass is 16.2. The van der Waals surface area contributed by atoms with E-state index in [2.05, 4.69) is 9.97 Å². The predicted molar refractivity (Wildman–Crippen MR) is 45.6 cm³/mol. The third-order valence-electron chi connectivity index (χ3n) is 1.51. The van der Waals surface area contributed by atoms with Gasteiger partial charge in [-0.1, -0.05) is 0 Å². The van der Waals surface area contributed by atoms with Crippen molar-refractivity contribution >= 4 is 5.91 Å². The second-order valence-electron chi connectivity index (χ2n) is 2.57. The number of aromatic nitrogens is 2. The molecule has 1 rings (SSSR count). The molecule has 13 heavy (non-hydrogen) atoms. The van der Waals surface area contributed by atoms with Gasteiger partial charge in [0.25, 0.3) is 5.56 Å².